The quantitative estimate of drug-likeness (QED) is 0.374. The van der Waals surface area contributed by atoms with Crippen LogP contribution < -0.4 is 9.80 Å². The number of halogens is 3. The van der Waals surface area contributed by atoms with E-state index in [1.54, 1.807) is 24.4 Å². The Bertz CT molecular complexity index is 1310. The Morgan fingerprint density at radius 1 is 0.818 bits per heavy atom. The van der Waals surface area contributed by atoms with Crippen molar-refractivity contribution in [3.8, 4) is 0 Å². The van der Waals surface area contributed by atoms with E-state index in [1.165, 1.54) is 18.2 Å². The lowest BCUT2D eigenvalue weighted by Crippen LogP contribution is -2.43. The first-order valence-electron chi connectivity index (χ1n) is 10.5. The summed E-state index contributed by atoms with van der Waals surface area (Å²) in [5.74, 6) is -1.56. The molecule has 0 N–H and O–H groups in total. The largest absolute Gasteiger partial charge is 0.418 e. The average molecular weight is 448 g/mol. The third-order valence-electron chi connectivity index (χ3n) is 6.06. The lowest BCUT2D eigenvalue weighted by Gasteiger charge is -2.31. The van der Waals surface area contributed by atoms with E-state index in [-0.39, 0.29) is 17.2 Å². The number of alkyl halides is 3. The van der Waals surface area contributed by atoms with Gasteiger partial charge in [-0.1, -0.05) is 48.5 Å². The van der Waals surface area contributed by atoms with E-state index in [2.05, 4.69) is 0 Å². The Labute approximate surface area is 188 Å². The number of hydrogen-bond donors (Lipinski definition) is 0. The number of carbonyl (C=O) groups excluding carboxylic acids is 2. The highest BCUT2D eigenvalue weighted by atomic mass is 19.4. The number of rotatable bonds is 2. The van der Waals surface area contributed by atoms with Gasteiger partial charge in [-0.15, -0.1) is 0 Å². The first-order valence-corrected chi connectivity index (χ1v) is 10.5. The van der Waals surface area contributed by atoms with Crippen LogP contribution in [-0.2, 0) is 17.4 Å². The smallest absolute Gasteiger partial charge is 0.344 e. The molecule has 0 saturated heterocycles. The molecule has 0 saturated carbocycles. The van der Waals surface area contributed by atoms with Crippen molar-refractivity contribution in [1.29, 1.82) is 0 Å². The second-order valence-corrected chi connectivity index (χ2v) is 8.14. The van der Waals surface area contributed by atoms with Crippen LogP contribution in [0.1, 0.15) is 34.0 Å². The second-order valence-electron chi connectivity index (χ2n) is 8.14. The van der Waals surface area contributed by atoms with Gasteiger partial charge in [0.15, 0.2) is 0 Å². The summed E-state index contributed by atoms with van der Waals surface area (Å²) in [7, 11) is 0. The summed E-state index contributed by atoms with van der Waals surface area (Å²) in [6.45, 7) is 2.01. The van der Waals surface area contributed by atoms with Crippen molar-refractivity contribution in [3.63, 3.8) is 0 Å². The van der Waals surface area contributed by atoms with Gasteiger partial charge < -0.3 is 4.90 Å². The fourth-order valence-corrected chi connectivity index (χ4v) is 4.53. The number of anilines is 2. The lowest BCUT2D eigenvalue weighted by molar-refractivity contribution is -0.137. The van der Waals surface area contributed by atoms with Gasteiger partial charge in [-0.05, 0) is 43.2 Å². The maximum absolute atomic E-state index is 13.7. The van der Waals surface area contributed by atoms with Crippen LogP contribution in [0.4, 0.5) is 24.5 Å². The summed E-state index contributed by atoms with van der Waals surface area (Å²) in [6.07, 6.45) is -2.29. The molecule has 2 amide bonds. The number of hydrogen-bond acceptors (Lipinski definition) is 3. The van der Waals surface area contributed by atoms with Gasteiger partial charge in [-0.2, -0.15) is 13.2 Å². The van der Waals surface area contributed by atoms with E-state index in [0.29, 0.717) is 10.5 Å². The Morgan fingerprint density at radius 2 is 1.42 bits per heavy atom. The Balaban J connectivity index is 1.70. The third kappa shape index (κ3) is 3.40. The number of fused-ring (bicyclic) bond motifs is 2. The van der Waals surface area contributed by atoms with Crippen LogP contribution in [0.2, 0.25) is 0 Å². The molecule has 4 nitrogen and oxygen atoms in total. The van der Waals surface area contributed by atoms with Gasteiger partial charge in [0.1, 0.15) is 0 Å². The molecule has 0 aromatic heterocycles. The molecule has 1 atom stereocenters. The zero-order chi connectivity index (χ0) is 23.3. The highest BCUT2D eigenvalue weighted by molar-refractivity contribution is 6.41. The number of amides is 2. The first-order chi connectivity index (χ1) is 15.8. The minimum atomic E-state index is -4.72. The average Bonchev–Trinajstić information content (AvgIpc) is 3.11. The predicted molar refractivity (Wildman–Crippen MR) is 120 cm³/mol. The summed E-state index contributed by atoms with van der Waals surface area (Å²) >= 11 is 0. The van der Waals surface area contributed by atoms with Gasteiger partial charge in [-0.25, -0.2) is 4.90 Å². The van der Waals surface area contributed by atoms with Gasteiger partial charge in [0.2, 0.25) is 0 Å². The normalized spacial score (nSPS) is 19.2. The molecular weight excluding hydrogens is 429 g/mol. The zero-order valence-electron chi connectivity index (χ0n) is 17.6. The van der Waals surface area contributed by atoms with E-state index < -0.39 is 29.2 Å². The second kappa shape index (κ2) is 7.62. The van der Waals surface area contributed by atoms with Crippen LogP contribution >= 0.6 is 0 Å². The van der Waals surface area contributed by atoms with Crippen molar-refractivity contribution in [3.05, 3.63) is 101 Å². The number of nitrogens with zero attached hydrogens (tertiary/aromatic N) is 2. The summed E-state index contributed by atoms with van der Waals surface area (Å²) in [5, 5.41) is 0. The minimum absolute atomic E-state index is 0.0448. The molecule has 0 aliphatic carbocycles. The van der Waals surface area contributed by atoms with Gasteiger partial charge in [-0.3, -0.25) is 9.59 Å². The van der Waals surface area contributed by atoms with Crippen LogP contribution in [-0.4, -0.2) is 17.9 Å². The number of imide groups is 1. The van der Waals surface area contributed by atoms with E-state index in [4.69, 9.17) is 0 Å². The molecule has 0 spiro atoms. The minimum Gasteiger partial charge on any atom is -0.344 e. The van der Waals surface area contributed by atoms with Crippen LogP contribution in [0.5, 0.6) is 0 Å². The van der Waals surface area contributed by atoms with E-state index in [0.717, 1.165) is 29.8 Å². The van der Waals surface area contributed by atoms with Gasteiger partial charge in [0, 0.05) is 29.1 Å². The van der Waals surface area contributed by atoms with E-state index in [1.807, 2.05) is 36.1 Å². The maximum Gasteiger partial charge on any atom is 0.418 e. The molecule has 5 rings (SSSR count). The molecule has 3 aromatic carbocycles. The first kappa shape index (κ1) is 21.0. The highest BCUT2D eigenvalue weighted by Gasteiger charge is 2.42. The number of carbonyl (C=O) groups is 2. The molecule has 166 valence electrons. The zero-order valence-corrected chi connectivity index (χ0v) is 17.6. The standard InChI is InChI=1S/C26H19F3N2O2/c1-16-14-17-8-2-6-12-22(17)30(16)15-20-18-9-3-4-10-19(18)24(32)31(25(20)33)23-13-7-5-11-21(23)26(27,28)29/h2-13,15-16H,14H2,1H3/b20-15+/t16-/m1/s1. The fraction of sp³-hybridized carbons (Fsp3) is 0.154. The van der Waals surface area contributed by atoms with Gasteiger partial charge in [0.25, 0.3) is 11.8 Å². The molecule has 2 aliphatic heterocycles. The molecule has 0 unspecified atom stereocenters. The molecule has 0 radical (unpaired) electrons. The number of para-hydroxylation sites is 2. The van der Waals surface area contributed by atoms with E-state index in [9.17, 15) is 22.8 Å². The van der Waals surface area contributed by atoms with Crippen molar-refractivity contribution in [2.75, 3.05) is 9.80 Å². The van der Waals surface area contributed by atoms with Crippen molar-refractivity contribution in [1.82, 2.24) is 0 Å². The third-order valence-corrected chi connectivity index (χ3v) is 6.06. The molecule has 7 heteroatoms. The number of benzene rings is 3. The van der Waals surface area contributed by atoms with Crippen molar-refractivity contribution >= 4 is 28.8 Å². The maximum atomic E-state index is 13.7. The Hall–Kier alpha value is -3.87. The summed E-state index contributed by atoms with van der Waals surface area (Å²) in [6, 6.07) is 19.0. The molecule has 2 aliphatic rings. The van der Waals surface area contributed by atoms with Crippen LogP contribution in [0.3, 0.4) is 0 Å². The van der Waals surface area contributed by atoms with Crippen LogP contribution in [0.15, 0.2) is 79.0 Å². The van der Waals surface area contributed by atoms with Crippen LogP contribution in [0, 0.1) is 0 Å². The molecule has 33 heavy (non-hydrogen) atoms. The van der Waals surface area contributed by atoms with E-state index >= 15 is 0 Å². The Morgan fingerprint density at radius 3 is 2.15 bits per heavy atom. The monoisotopic (exact) mass is 448 g/mol. The molecule has 3 aromatic rings. The molecule has 0 fully saturated rings. The SMILES string of the molecule is C[C@@H]1Cc2ccccc2N1/C=C1/C(=O)N(c2ccccc2C(F)(F)F)C(=O)c2ccccc21. The fourth-order valence-electron chi connectivity index (χ4n) is 4.53. The van der Waals surface area contributed by atoms with Crippen LogP contribution in [0.25, 0.3) is 5.57 Å². The molecular formula is C26H19F3N2O2. The molecule has 0 bridgehead atoms. The summed E-state index contributed by atoms with van der Waals surface area (Å²) in [4.78, 5) is 29.5. The Kier molecular flexibility index (Phi) is 4.85. The summed E-state index contributed by atoms with van der Waals surface area (Å²) in [5.41, 5.74) is 1.30. The van der Waals surface area contributed by atoms with Crippen molar-refractivity contribution in [2.24, 2.45) is 0 Å². The van der Waals surface area contributed by atoms with Crippen molar-refractivity contribution < 1.29 is 22.8 Å². The predicted octanol–water partition coefficient (Wildman–Crippen LogP) is 5.68. The molecule has 2 heterocycles. The topological polar surface area (TPSA) is 40.6 Å². The van der Waals surface area contributed by atoms with Crippen molar-refractivity contribution in [2.45, 2.75) is 25.6 Å². The van der Waals surface area contributed by atoms with Gasteiger partial charge in [0.05, 0.1) is 16.8 Å². The van der Waals surface area contributed by atoms with Gasteiger partial charge >= 0.3 is 6.18 Å². The lowest BCUT2D eigenvalue weighted by atomic mass is 9.93. The summed E-state index contributed by atoms with van der Waals surface area (Å²) < 4.78 is 41.2. The highest BCUT2D eigenvalue weighted by Crippen LogP contribution is 2.41.